The molecule has 0 aromatic heterocycles. The molecule has 4 fully saturated rings. The van der Waals surface area contributed by atoms with Crippen LogP contribution in [-0.2, 0) is 47.5 Å². The molecule has 0 aromatic carbocycles. The second-order valence-electron chi connectivity index (χ2n) is 24.3. The predicted molar refractivity (Wildman–Crippen MR) is 317 cm³/mol. The SMILES string of the molecule is CCCCCCCCCCCCC/C=C/[C@@H](O)[C@H](CO[C@@H]1O[C@H](CO)[C@@H](O[C@@H]2O[C@H](CO)[C@H](O)[C@H](O[C@@H]3O[C@H](CO)[C@@H](O)[C@H](O[C@@H]4O[C@H](CO)[C@H](O)[C@H](O)[C@H]4O)[C@H]3NC(C)=O)[C@H]2O)[C@H](O)[C@H]1O)NC(=O)CCCCCCCCCCCCCCCCC. The number of ether oxygens (including phenoxy) is 8. The molecular weight excluding hydrogens is 1140 g/mol. The molecular formula is C62H114N2O23. The number of hydrogen-bond donors (Lipinski definition) is 15. The van der Waals surface area contributed by atoms with Crippen molar-refractivity contribution in [3.63, 3.8) is 0 Å². The van der Waals surface area contributed by atoms with Gasteiger partial charge in [-0.05, 0) is 19.3 Å². The van der Waals surface area contributed by atoms with Crippen LogP contribution < -0.4 is 10.6 Å². The summed E-state index contributed by atoms with van der Waals surface area (Å²) in [4.78, 5) is 26.1. The molecule has 25 heteroatoms. The first kappa shape index (κ1) is 77.3. The number of carbonyl (C=O) groups excluding carboxylic acids is 2. The molecule has 87 heavy (non-hydrogen) atoms. The highest BCUT2D eigenvalue weighted by Gasteiger charge is 2.56. The molecule has 0 aromatic rings. The van der Waals surface area contributed by atoms with Crippen LogP contribution in [0.15, 0.2) is 12.2 Å². The number of amides is 2. The van der Waals surface area contributed by atoms with E-state index in [0.717, 1.165) is 51.9 Å². The fraction of sp³-hybridized carbons (Fsp3) is 0.935. The molecule has 510 valence electrons. The molecule has 2 amide bonds. The molecule has 4 aliphatic rings. The standard InChI is InChI=1S/C62H114N2O23/c1-4-6-8-10-12-14-16-18-19-21-23-25-27-29-31-33-46(71)64-40(41(70)32-30-28-26-24-22-20-17-15-13-11-9-7-5-2)38-80-60-54(78)52(76)56(45(37-68)84-60)85-62-55(79)58(50(74)44(36-67)83-62)87-59-47(63-39(3)69)57(49(73)43(35-66)81-59)86-61-53(77)51(75)48(72)42(34-65)82-61/h30,32,40-45,47-62,65-68,70,72-79H,4-29,31,33-38H2,1-3H3,(H,63,69)(H,64,71)/b32-30+/t40-,41+,42+,43+,44+,45+,47+,48-,49+,50-,51-,52+,53+,54+,55+,56+,57+,58-,59-,60+,61-,62-/m0/s1. The first-order valence-corrected chi connectivity index (χ1v) is 32.9. The lowest BCUT2D eigenvalue weighted by atomic mass is 9.94. The van der Waals surface area contributed by atoms with Crippen LogP contribution in [0.1, 0.15) is 201 Å². The summed E-state index contributed by atoms with van der Waals surface area (Å²) >= 11 is 0. The van der Waals surface area contributed by atoms with Gasteiger partial charge in [0.1, 0.15) is 97.6 Å². The van der Waals surface area contributed by atoms with Crippen LogP contribution in [0.5, 0.6) is 0 Å². The van der Waals surface area contributed by atoms with Gasteiger partial charge in [-0.2, -0.15) is 0 Å². The Kier molecular flexibility index (Phi) is 38.8. The van der Waals surface area contributed by atoms with Gasteiger partial charge >= 0.3 is 0 Å². The fourth-order valence-electron chi connectivity index (χ4n) is 11.7. The monoisotopic (exact) mass is 1250 g/mol. The Balaban J connectivity index is 1.39. The zero-order valence-corrected chi connectivity index (χ0v) is 52.1. The minimum Gasteiger partial charge on any atom is -0.394 e. The highest BCUT2D eigenvalue weighted by atomic mass is 16.8. The predicted octanol–water partition coefficient (Wildman–Crippen LogP) is 1.78. The van der Waals surface area contributed by atoms with Gasteiger partial charge in [0.25, 0.3) is 0 Å². The van der Waals surface area contributed by atoms with Crippen LogP contribution in [0, 0.1) is 0 Å². The summed E-state index contributed by atoms with van der Waals surface area (Å²) in [5.74, 6) is -1.09. The molecule has 0 aliphatic carbocycles. The van der Waals surface area contributed by atoms with Gasteiger partial charge in [0.05, 0.1) is 45.2 Å². The highest BCUT2D eigenvalue weighted by Crippen LogP contribution is 2.35. The first-order chi connectivity index (χ1) is 42.0. The van der Waals surface area contributed by atoms with E-state index >= 15 is 0 Å². The summed E-state index contributed by atoms with van der Waals surface area (Å²) < 4.78 is 46.8. The molecule has 0 radical (unpaired) electrons. The number of allylic oxidation sites excluding steroid dienone is 1. The molecule has 4 heterocycles. The van der Waals surface area contributed by atoms with Gasteiger partial charge < -0.3 is 115 Å². The number of nitrogens with one attached hydrogen (secondary N) is 2. The molecule has 25 nitrogen and oxygen atoms in total. The number of hydrogen-bond acceptors (Lipinski definition) is 23. The number of carbonyl (C=O) groups is 2. The fourth-order valence-corrected chi connectivity index (χ4v) is 11.7. The zero-order valence-electron chi connectivity index (χ0n) is 52.1. The minimum atomic E-state index is -2.10. The van der Waals surface area contributed by atoms with E-state index in [4.69, 9.17) is 37.9 Å². The minimum absolute atomic E-state index is 0.211. The Hall–Kier alpha value is -2.16. The van der Waals surface area contributed by atoms with Crippen LogP contribution in [0.2, 0.25) is 0 Å². The van der Waals surface area contributed by atoms with Crippen molar-refractivity contribution in [2.24, 2.45) is 0 Å². The van der Waals surface area contributed by atoms with Crippen molar-refractivity contribution in [1.29, 1.82) is 0 Å². The Morgan fingerprint density at radius 3 is 1.34 bits per heavy atom. The third kappa shape index (κ3) is 26.0. The molecule has 0 unspecified atom stereocenters. The summed E-state index contributed by atoms with van der Waals surface area (Å²) in [6.07, 6.45) is -0.407. The third-order valence-corrected chi connectivity index (χ3v) is 17.1. The van der Waals surface area contributed by atoms with E-state index in [1.54, 1.807) is 6.08 Å². The molecule has 4 aliphatic heterocycles. The van der Waals surface area contributed by atoms with E-state index in [-0.39, 0.29) is 12.3 Å². The third-order valence-electron chi connectivity index (χ3n) is 17.1. The van der Waals surface area contributed by atoms with Gasteiger partial charge in [0.15, 0.2) is 25.2 Å². The Labute approximate surface area is 515 Å². The van der Waals surface area contributed by atoms with E-state index in [1.807, 2.05) is 6.08 Å². The summed E-state index contributed by atoms with van der Waals surface area (Å²) in [6, 6.07) is -2.67. The van der Waals surface area contributed by atoms with Crippen molar-refractivity contribution < 1.29 is 114 Å². The lowest BCUT2D eigenvalue weighted by Crippen LogP contribution is -2.70. The van der Waals surface area contributed by atoms with Crippen molar-refractivity contribution >= 4 is 11.8 Å². The Morgan fingerprint density at radius 1 is 0.448 bits per heavy atom. The maximum absolute atomic E-state index is 13.4. The van der Waals surface area contributed by atoms with E-state index < -0.39 is 174 Å². The van der Waals surface area contributed by atoms with Crippen molar-refractivity contribution in [3.05, 3.63) is 12.2 Å². The largest absolute Gasteiger partial charge is 0.394 e. The summed E-state index contributed by atoms with van der Waals surface area (Å²) in [5.41, 5.74) is 0. The van der Waals surface area contributed by atoms with Crippen LogP contribution >= 0.6 is 0 Å². The number of rotatable bonds is 45. The first-order valence-electron chi connectivity index (χ1n) is 32.9. The van der Waals surface area contributed by atoms with Crippen LogP contribution in [-0.4, -0.2) is 246 Å². The smallest absolute Gasteiger partial charge is 0.220 e. The van der Waals surface area contributed by atoms with E-state index in [1.165, 1.54) is 116 Å². The molecule has 22 atom stereocenters. The molecule has 0 spiro atoms. The number of unbranched alkanes of at least 4 members (excludes halogenated alkanes) is 25. The second kappa shape index (κ2) is 43.6. The lowest BCUT2D eigenvalue weighted by Gasteiger charge is -2.50. The Morgan fingerprint density at radius 2 is 0.851 bits per heavy atom. The molecule has 4 rings (SSSR count). The summed E-state index contributed by atoms with van der Waals surface area (Å²) in [6.45, 7) is 1.55. The average molecular weight is 1260 g/mol. The molecule has 0 bridgehead atoms. The van der Waals surface area contributed by atoms with Crippen molar-refractivity contribution in [3.8, 4) is 0 Å². The maximum Gasteiger partial charge on any atom is 0.220 e. The van der Waals surface area contributed by atoms with E-state index in [0.29, 0.717) is 12.8 Å². The van der Waals surface area contributed by atoms with Gasteiger partial charge in [-0.1, -0.05) is 180 Å². The van der Waals surface area contributed by atoms with Gasteiger partial charge in [-0.15, -0.1) is 0 Å². The molecule has 4 saturated heterocycles. The van der Waals surface area contributed by atoms with Crippen molar-refractivity contribution in [2.45, 2.75) is 335 Å². The molecule has 15 N–H and O–H groups in total. The average Bonchev–Trinajstić information content (AvgIpc) is 0.930. The molecule has 0 saturated carbocycles. The van der Waals surface area contributed by atoms with Crippen LogP contribution in [0.25, 0.3) is 0 Å². The van der Waals surface area contributed by atoms with E-state index in [9.17, 15) is 76.0 Å². The zero-order chi connectivity index (χ0) is 63.7. The summed E-state index contributed by atoms with van der Waals surface area (Å²) in [5, 5.41) is 147. The van der Waals surface area contributed by atoms with Crippen molar-refractivity contribution in [2.75, 3.05) is 33.0 Å². The topological polar surface area (TPSA) is 395 Å². The van der Waals surface area contributed by atoms with Gasteiger partial charge in [-0.3, -0.25) is 9.59 Å². The lowest BCUT2D eigenvalue weighted by molar-refractivity contribution is -0.381. The highest BCUT2D eigenvalue weighted by molar-refractivity contribution is 5.76. The quantitative estimate of drug-likeness (QED) is 0.0305. The van der Waals surface area contributed by atoms with Gasteiger partial charge in [0, 0.05) is 13.3 Å². The number of aliphatic hydroxyl groups is 13. The van der Waals surface area contributed by atoms with Crippen molar-refractivity contribution in [1.82, 2.24) is 10.6 Å². The van der Waals surface area contributed by atoms with Crippen LogP contribution in [0.4, 0.5) is 0 Å². The summed E-state index contributed by atoms with van der Waals surface area (Å²) in [7, 11) is 0. The number of aliphatic hydroxyl groups excluding tert-OH is 13. The van der Waals surface area contributed by atoms with Gasteiger partial charge in [-0.25, -0.2) is 0 Å². The van der Waals surface area contributed by atoms with E-state index in [2.05, 4.69) is 24.5 Å². The normalized spacial score (nSPS) is 33.8. The second-order valence-corrected chi connectivity index (χ2v) is 24.3. The Bertz CT molecular complexity index is 1830. The van der Waals surface area contributed by atoms with Gasteiger partial charge in [0.2, 0.25) is 11.8 Å². The van der Waals surface area contributed by atoms with Crippen LogP contribution in [0.3, 0.4) is 0 Å². The maximum atomic E-state index is 13.4.